The number of nitrogens with zero attached hydrogens (tertiary/aromatic N) is 2. The maximum atomic E-state index is 5.75. The number of rotatable bonds is 9. The van der Waals surface area contributed by atoms with Gasteiger partial charge in [-0.15, -0.1) is 0 Å². The second-order valence-electron chi connectivity index (χ2n) is 4.67. The summed E-state index contributed by atoms with van der Waals surface area (Å²) >= 11 is 0. The number of benzene rings is 1. The summed E-state index contributed by atoms with van der Waals surface area (Å²) in [7, 11) is 1.96. The molecule has 21 heavy (non-hydrogen) atoms. The second kappa shape index (κ2) is 8.32. The van der Waals surface area contributed by atoms with E-state index in [1.165, 1.54) is 5.69 Å². The molecule has 0 saturated heterocycles. The molecule has 114 valence electrons. The van der Waals surface area contributed by atoms with Crippen molar-refractivity contribution in [3.8, 4) is 11.5 Å². The number of hydrogen-bond acceptors (Lipinski definition) is 4. The van der Waals surface area contributed by atoms with E-state index in [9.17, 15) is 0 Å². The average molecular weight is 289 g/mol. The Bertz CT molecular complexity index is 540. The lowest BCUT2D eigenvalue weighted by Gasteiger charge is -2.12. The highest BCUT2D eigenvalue weighted by molar-refractivity contribution is 5.39. The fraction of sp³-hybridized carbons (Fsp3) is 0.438. The van der Waals surface area contributed by atoms with Crippen molar-refractivity contribution in [2.24, 2.45) is 7.05 Å². The Morgan fingerprint density at radius 2 is 1.86 bits per heavy atom. The maximum absolute atomic E-state index is 5.75. The topological polar surface area (TPSA) is 48.3 Å². The molecule has 0 bridgehead atoms. The van der Waals surface area contributed by atoms with Gasteiger partial charge in [-0.2, -0.15) is 5.10 Å². The average Bonchev–Trinajstić information content (AvgIpc) is 2.90. The Morgan fingerprint density at radius 3 is 2.52 bits per heavy atom. The summed E-state index contributed by atoms with van der Waals surface area (Å²) in [4.78, 5) is 0. The van der Waals surface area contributed by atoms with Crippen molar-refractivity contribution >= 4 is 0 Å². The zero-order valence-electron chi connectivity index (χ0n) is 12.7. The fourth-order valence-corrected chi connectivity index (χ4v) is 2.07. The molecule has 0 atom stereocenters. The van der Waals surface area contributed by atoms with Crippen LogP contribution in [0, 0.1) is 0 Å². The van der Waals surface area contributed by atoms with Crippen LogP contribution in [-0.2, 0) is 13.5 Å². The highest BCUT2D eigenvalue weighted by atomic mass is 16.5. The summed E-state index contributed by atoms with van der Waals surface area (Å²) in [6, 6.07) is 9.80. The van der Waals surface area contributed by atoms with E-state index in [1.54, 1.807) is 0 Å². The molecule has 0 aliphatic carbocycles. The first-order valence-electron chi connectivity index (χ1n) is 7.33. The summed E-state index contributed by atoms with van der Waals surface area (Å²) in [5.41, 5.74) is 1.23. The highest BCUT2D eigenvalue weighted by Crippen LogP contribution is 2.25. The highest BCUT2D eigenvalue weighted by Gasteiger charge is 2.03. The van der Waals surface area contributed by atoms with E-state index in [0.717, 1.165) is 31.0 Å². The van der Waals surface area contributed by atoms with Crippen molar-refractivity contribution < 1.29 is 9.47 Å². The van der Waals surface area contributed by atoms with E-state index in [-0.39, 0.29) is 0 Å². The lowest BCUT2D eigenvalue weighted by atomic mass is 10.3. The minimum Gasteiger partial charge on any atom is -0.490 e. The largest absolute Gasteiger partial charge is 0.490 e. The summed E-state index contributed by atoms with van der Waals surface area (Å²) < 4.78 is 13.2. The van der Waals surface area contributed by atoms with Gasteiger partial charge in [-0.1, -0.05) is 12.1 Å². The van der Waals surface area contributed by atoms with Crippen molar-refractivity contribution in [3.05, 3.63) is 42.2 Å². The van der Waals surface area contributed by atoms with Gasteiger partial charge in [-0.05, 0) is 25.1 Å². The predicted octanol–water partition coefficient (Wildman–Crippen LogP) is 2.03. The Balaban J connectivity index is 1.65. The molecule has 0 aliphatic rings. The number of para-hydroxylation sites is 2. The van der Waals surface area contributed by atoms with Gasteiger partial charge in [0.25, 0.3) is 0 Å². The van der Waals surface area contributed by atoms with Crippen molar-refractivity contribution in [2.45, 2.75) is 13.3 Å². The zero-order valence-corrected chi connectivity index (χ0v) is 12.7. The van der Waals surface area contributed by atoms with Crippen molar-refractivity contribution in [1.82, 2.24) is 15.1 Å². The molecule has 5 nitrogen and oxygen atoms in total. The van der Waals surface area contributed by atoms with Gasteiger partial charge in [0.1, 0.15) is 6.61 Å². The van der Waals surface area contributed by atoms with Crippen LogP contribution in [0.15, 0.2) is 36.5 Å². The molecule has 2 aromatic rings. The molecule has 5 heteroatoms. The summed E-state index contributed by atoms with van der Waals surface area (Å²) in [5.74, 6) is 1.60. The van der Waals surface area contributed by atoms with Crippen LogP contribution in [0.2, 0.25) is 0 Å². The number of ether oxygens (including phenoxy) is 2. The Morgan fingerprint density at radius 1 is 1.10 bits per heavy atom. The summed E-state index contributed by atoms with van der Waals surface area (Å²) in [5, 5.41) is 7.51. The van der Waals surface area contributed by atoms with Gasteiger partial charge < -0.3 is 14.8 Å². The maximum Gasteiger partial charge on any atom is 0.161 e. The van der Waals surface area contributed by atoms with E-state index in [1.807, 2.05) is 55.2 Å². The zero-order chi connectivity index (χ0) is 14.9. The predicted molar refractivity (Wildman–Crippen MR) is 82.9 cm³/mol. The van der Waals surface area contributed by atoms with Crippen LogP contribution in [0.1, 0.15) is 12.6 Å². The van der Waals surface area contributed by atoms with Crippen LogP contribution in [0.5, 0.6) is 11.5 Å². The number of aromatic nitrogens is 2. The molecule has 0 amide bonds. The molecular formula is C16H23N3O2. The number of hydrogen-bond donors (Lipinski definition) is 1. The lowest BCUT2D eigenvalue weighted by Crippen LogP contribution is -2.24. The fourth-order valence-electron chi connectivity index (χ4n) is 2.07. The third kappa shape index (κ3) is 4.79. The molecule has 2 rings (SSSR count). The molecule has 0 unspecified atom stereocenters. The third-order valence-electron chi connectivity index (χ3n) is 3.17. The molecule has 1 aromatic carbocycles. The van der Waals surface area contributed by atoms with Crippen LogP contribution in [0.3, 0.4) is 0 Å². The second-order valence-corrected chi connectivity index (χ2v) is 4.67. The van der Waals surface area contributed by atoms with Gasteiger partial charge in [0.2, 0.25) is 0 Å². The minimum atomic E-state index is 0.621. The Labute approximate surface area is 125 Å². The first-order chi connectivity index (χ1) is 10.3. The van der Waals surface area contributed by atoms with Crippen LogP contribution in [0.4, 0.5) is 0 Å². The Kier molecular flexibility index (Phi) is 6.09. The monoisotopic (exact) mass is 289 g/mol. The Hall–Kier alpha value is -2.01. The van der Waals surface area contributed by atoms with Gasteiger partial charge in [0, 0.05) is 38.4 Å². The third-order valence-corrected chi connectivity index (χ3v) is 3.17. The van der Waals surface area contributed by atoms with E-state index in [4.69, 9.17) is 9.47 Å². The van der Waals surface area contributed by atoms with E-state index < -0.39 is 0 Å². The summed E-state index contributed by atoms with van der Waals surface area (Å²) in [6.07, 6.45) is 2.79. The van der Waals surface area contributed by atoms with Crippen molar-refractivity contribution in [3.63, 3.8) is 0 Å². The smallest absolute Gasteiger partial charge is 0.161 e. The van der Waals surface area contributed by atoms with E-state index in [0.29, 0.717) is 13.2 Å². The van der Waals surface area contributed by atoms with Crippen molar-refractivity contribution in [1.29, 1.82) is 0 Å². The minimum absolute atomic E-state index is 0.621. The first kappa shape index (κ1) is 15.4. The van der Waals surface area contributed by atoms with Gasteiger partial charge in [0.05, 0.1) is 6.61 Å². The van der Waals surface area contributed by atoms with E-state index >= 15 is 0 Å². The summed E-state index contributed by atoms with van der Waals surface area (Å²) in [6.45, 7) is 4.95. The molecule has 1 heterocycles. The molecule has 0 radical (unpaired) electrons. The molecular weight excluding hydrogens is 266 g/mol. The van der Waals surface area contributed by atoms with Crippen LogP contribution >= 0.6 is 0 Å². The quantitative estimate of drug-likeness (QED) is 0.718. The first-order valence-corrected chi connectivity index (χ1v) is 7.33. The normalized spacial score (nSPS) is 10.6. The van der Waals surface area contributed by atoms with Gasteiger partial charge in [-0.25, -0.2) is 0 Å². The van der Waals surface area contributed by atoms with Crippen LogP contribution in [-0.4, -0.2) is 36.1 Å². The molecule has 0 fully saturated rings. The lowest BCUT2D eigenvalue weighted by molar-refractivity contribution is 0.276. The van der Waals surface area contributed by atoms with Gasteiger partial charge >= 0.3 is 0 Å². The van der Waals surface area contributed by atoms with Crippen LogP contribution < -0.4 is 14.8 Å². The van der Waals surface area contributed by atoms with E-state index in [2.05, 4.69) is 10.4 Å². The molecule has 0 spiro atoms. The molecule has 0 aliphatic heterocycles. The van der Waals surface area contributed by atoms with Crippen LogP contribution in [0.25, 0.3) is 0 Å². The number of nitrogens with one attached hydrogen (secondary N) is 1. The van der Waals surface area contributed by atoms with Gasteiger partial charge in [-0.3, -0.25) is 4.68 Å². The van der Waals surface area contributed by atoms with Crippen molar-refractivity contribution in [2.75, 3.05) is 26.3 Å². The molecule has 1 aromatic heterocycles. The molecule has 0 saturated carbocycles. The van der Waals surface area contributed by atoms with Gasteiger partial charge in [0.15, 0.2) is 11.5 Å². The standard InChI is InChI=1S/C16H23N3O2/c1-3-20-15-6-4-5-7-16(15)21-13-12-17-10-8-14-9-11-18-19(14)2/h4-7,9,11,17H,3,8,10,12-13H2,1-2H3. The number of aryl methyl sites for hydroxylation is 1. The molecule has 1 N–H and O–H groups in total. The SMILES string of the molecule is CCOc1ccccc1OCCNCCc1ccnn1C.